The SMILES string of the molecule is CC[C@H](NC(=O)CN1CCC(c2ccccc2)CC1)c1ccnn1C. The third-order valence-corrected chi connectivity index (χ3v) is 5.19. The lowest BCUT2D eigenvalue weighted by Gasteiger charge is -2.32. The zero-order valence-electron chi connectivity index (χ0n) is 15.2. The maximum Gasteiger partial charge on any atom is 0.234 e. The molecule has 1 aliphatic rings. The molecule has 1 saturated heterocycles. The number of hydrogen-bond donors (Lipinski definition) is 1. The largest absolute Gasteiger partial charge is 0.347 e. The van der Waals surface area contributed by atoms with E-state index < -0.39 is 0 Å². The van der Waals surface area contributed by atoms with Gasteiger partial charge in [0.25, 0.3) is 0 Å². The van der Waals surface area contributed by atoms with E-state index in [1.54, 1.807) is 6.20 Å². The highest BCUT2D eigenvalue weighted by Crippen LogP contribution is 2.27. The molecule has 0 aliphatic carbocycles. The van der Waals surface area contributed by atoms with Crippen molar-refractivity contribution in [1.29, 1.82) is 0 Å². The van der Waals surface area contributed by atoms with Crippen molar-refractivity contribution >= 4 is 5.91 Å². The quantitative estimate of drug-likeness (QED) is 0.880. The summed E-state index contributed by atoms with van der Waals surface area (Å²) in [5.41, 5.74) is 2.48. The molecule has 3 rings (SSSR count). The molecule has 0 bridgehead atoms. The van der Waals surface area contributed by atoms with Gasteiger partial charge in [-0.15, -0.1) is 0 Å². The lowest BCUT2D eigenvalue weighted by atomic mass is 9.89. The van der Waals surface area contributed by atoms with Crippen LogP contribution in [0.15, 0.2) is 42.6 Å². The van der Waals surface area contributed by atoms with E-state index in [2.05, 4.69) is 52.6 Å². The predicted molar refractivity (Wildman–Crippen MR) is 99.2 cm³/mol. The highest BCUT2D eigenvalue weighted by molar-refractivity contribution is 5.78. The fraction of sp³-hybridized carbons (Fsp3) is 0.500. The molecule has 0 radical (unpaired) electrons. The van der Waals surface area contributed by atoms with Gasteiger partial charge >= 0.3 is 0 Å². The van der Waals surface area contributed by atoms with Gasteiger partial charge in [-0.05, 0) is 49.9 Å². The van der Waals surface area contributed by atoms with Gasteiger partial charge in [-0.2, -0.15) is 5.10 Å². The highest BCUT2D eigenvalue weighted by atomic mass is 16.2. The lowest BCUT2D eigenvalue weighted by Crippen LogP contribution is -2.42. The molecule has 1 aromatic carbocycles. The lowest BCUT2D eigenvalue weighted by molar-refractivity contribution is -0.123. The van der Waals surface area contributed by atoms with Crippen LogP contribution in [0.4, 0.5) is 0 Å². The summed E-state index contributed by atoms with van der Waals surface area (Å²) < 4.78 is 1.83. The minimum absolute atomic E-state index is 0.0295. The monoisotopic (exact) mass is 340 g/mol. The Hall–Kier alpha value is -2.14. The second-order valence-electron chi connectivity index (χ2n) is 6.87. The average molecular weight is 340 g/mol. The van der Waals surface area contributed by atoms with Gasteiger partial charge in [0.15, 0.2) is 0 Å². The van der Waals surface area contributed by atoms with Crippen molar-refractivity contribution in [2.75, 3.05) is 19.6 Å². The van der Waals surface area contributed by atoms with Crippen LogP contribution in [0, 0.1) is 0 Å². The molecule has 1 N–H and O–H groups in total. The molecule has 1 atom stereocenters. The Morgan fingerprint density at radius 2 is 1.96 bits per heavy atom. The molecule has 2 aromatic rings. The Labute approximate surface area is 150 Å². The minimum Gasteiger partial charge on any atom is -0.347 e. The van der Waals surface area contributed by atoms with Crippen LogP contribution in [0.25, 0.3) is 0 Å². The Kier molecular flexibility index (Phi) is 5.87. The summed E-state index contributed by atoms with van der Waals surface area (Å²) >= 11 is 0. The van der Waals surface area contributed by atoms with Crippen LogP contribution in [0.3, 0.4) is 0 Å². The van der Waals surface area contributed by atoms with Crippen LogP contribution in [-0.2, 0) is 11.8 Å². The van der Waals surface area contributed by atoms with Gasteiger partial charge in [0.1, 0.15) is 0 Å². The Morgan fingerprint density at radius 3 is 2.56 bits per heavy atom. The van der Waals surface area contributed by atoms with E-state index in [4.69, 9.17) is 0 Å². The number of aryl methyl sites for hydroxylation is 1. The molecule has 1 aromatic heterocycles. The second kappa shape index (κ2) is 8.30. The van der Waals surface area contributed by atoms with E-state index >= 15 is 0 Å². The molecule has 0 saturated carbocycles. The van der Waals surface area contributed by atoms with Crippen molar-refractivity contribution in [3.8, 4) is 0 Å². The molecule has 1 fully saturated rings. The van der Waals surface area contributed by atoms with Crippen LogP contribution in [0.5, 0.6) is 0 Å². The molecular weight excluding hydrogens is 312 g/mol. The van der Waals surface area contributed by atoms with E-state index in [1.165, 1.54) is 5.56 Å². The smallest absolute Gasteiger partial charge is 0.234 e. The number of likely N-dealkylation sites (tertiary alicyclic amines) is 1. The molecule has 1 aliphatic heterocycles. The summed E-state index contributed by atoms with van der Waals surface area (Å²) in [4.78, 5) is 14.7. The second-order valence-corrected chi connectivity index (χ2v) is 6.87. The number of carbonyl (C=O) groups excluding carboxylic acids is 1. The van der Waals surface area contributed by atoms with E-state index in [0.717, 1.165) is 38.0 Å². The molecule has 5 nitrogen and oxygen atoms in total. The maximum atomic E-state index is 12.5. The fourth-order valence-electron chi connectivity index (χ4n) is 3.70. The summed E-state index contributed by atoms with van der Waals surface area (Å²) in [6.45, 7) is 4.53. The van der Waals surface area contributed by atoms with Crippen molar-refractivity contribution < 1.29 is 4.79 Å². The molecule has 0 unspecified atom stereocenters. The third-order valence-electron chi connectivity index (χ3n) is 5.19. The number of piperidine rings is 1. The number of nitrogens with one attached hydrogen (secondary N) is 1. The van der Waals surface area contributed by atoms with Crippen molar-refractivity contribution in [3.05, 3.63) is 53.9 Å². The predicted octanol–water partition coefficient (Wildman–Crippen LogP) is 2.87. The van der Waals surface area contributed by atoms with Crippen molar-refractivity contribution in [2.24, 2.45) is 7.05 Å². The van der Waals surface area contributed by atoms with E-state index in [0.29, 0.717) is 12.5 Å². The van der Waals surface area contributed by atoms with Crippen LogP contribution in [-0.4, -0.2) is 40.2 Å². The van der Waals surface area contributed by atoms with Gasteiger partial charge < -0.3 is 5.32 Å². The van der Waals surface area contributed by atoms with Crippen LogP contribution in [0.1, 0.15) is 49.4 Å². The fourth-order valence-corrected chi connectivity index (χ4v) is 3.70. The number of hydrogen-bond acceptors (Lipinski definition) is 3. The third kappa shape index (κ3) is 4.48. The molecule has 2 heterocycles. The summed E-state index contributed by atoms with van der Waals surface area (Å²) in [6, 6.07) is 12.7. The number of carbonyl (C=O) groups is 1. The standard InChI is InChI=1S/C20H28N4O/c1-3-18(19-9-12-21-23(19)2)22-20(25)15-24-13-10-17(11-14-24)16-7-5-4-6-8-16/h4-9,12,17-18H,3,10-11,13-15H2,1-2H3,(H,22,25)/t18-/m0/s1. The van der Waals surface area contributed by atoms with Gasteiger partial charge in [0.2, 0.25) is 5.91 Å². The normalized spacial score (nSPS) is 17.4. The number of amides is 1. The van der Waals surface area contributed by atoms with Gasteiger partial charge in [-0.25, -0.2) is 0 Å². The zero-order valence-corrected chi connectivity index (χ0v) is 15.2. The highest BCUT2D eigenvalue weighted by Gasteiger charge is 2.23. The Bertz CT molecular complexity index is 674. The van der Waals surface area contributed by atoms with Gasteiger partial charge in [0, 0.05) is 13.2 Å². The zero-order chi connectivity index (χ0) is 17.6. The maximum absolute atomic E-state index is 12.5. The van der Waals surface area contributed by atoms with Gasteiger partial charge in [-0.1, -0.05) is 37.3 Å². The first kappa shape index (κ1) is 17.7. The minimum atomic E-state index is 0.0295. The number of nitrogens with zero attached hydrogens (tertiary/aromatic N) is 3. The molecule has 0 spiro atoms. The van der Waals surface area contributed by atoms with Gasteiger partial charge in [0.05, 0.1) is 18.3 Å². The Morgan fingerprint density at radius 1 is 1.24 bits per heavy atom. The average Bonchev–Trinajstić information content (AvgIpc) is 3.07. The summed E-state index contributed by atoms with van der Waals surface area (Å²) in [7, 11) is 1.92. The van der Waals surface area contributed by atoms with Crippen molar-refractivity contribution in [3.63, 3.8) is 0 Å². The number of rotatable bonds is 6. The Balaban J connectivity index is 1.48. The van der Waals surface area contributed by atoms with Gasteiger partial charge in [-0.3, -0.25) is 14.4 Å². The summed E-state index contributed by atoms with van der Waals surface area (Å²) in [5.74, 6) is 0.726. The molecule has 25 heavy (non-hydrogen) atoms. The molecule has 134 valence electrons. The first-order chi connectivity index (χ1) is 12.2. The summed E-state index contributed by atoms with van der Waals surface area (Å²) in [6.07, 6.45) is 4.88. The first-order valence-corrected chi connectivity index (χ1v) is 9.22. The summed E-state index contributed by atoms with van der Waals surface area (Å²) in [5, 5.41) is 7.36. The van der Waals surface area contributed by atoms with E-state index in [1.807, 2.05) is 17.8 Å². The first-order valence-electron chi connectivity index (χ1n) is 9.22. The van der Waals surface area contributed by atoms with E-state index in [9.17, 15) is 4.79 Å². The number of benzene rings is 1. The molecule has 1 amide bonds. The van der Waals surface area contributed by atoms with Crippen LogP contribution in [0.2, 0.25) is 0 Å². The van der Waals surface area contributed by atoms with E-state index in [-0.39, 0.29) is 11.9 Å². The topological polar surface area (TPSA) is 50.2 Å². The van der Waals surface area contributed by atoms with Crippen LogP contribution >= 0.6 is 0 Å². The molecular formula is C20H28N4O. The number of aromatic nitrogens is 2. The molecule has 5 heteroatoms. The van der Waals surface area contributed by atoms with Crippen molar-refractivity contribution in [1.82, 2.24) is 20.0 Å². The van der Waals surface area contributed by atoms with Crippen molar-refractivity contribution in [2.45, 2.75) is 38.1 Å². The van der Waals surface area contributed by atoms with Crippen LogP contribution < -0.4 is 5.32 Å².